The minimum atomic E-state index is 0.142. The lowest BCUT2D eigenvalue weighted by atomic mass is 10.0. The van der Waals surface area contributed by atoms with Gasteiger partial charge in [-0.05, 0) is 47.2 Å². The van der Waals surface area contributed by atoms with Crippen LogP contribution in [0.2, 0.25) is 0 Å². The molecule has 0 atom stereocenters. The van der Waals surface area contributed by atoms with Gasteiger partial charge in [0, 0.05) is 49.2 Å². The van der Waals surface area contributed by atoms with Crippen LogP contribution in [0.5, 0.6) is 0 Å². The Morgan fingerprint density at radius 1 is 0.935 bits per heavy atom. The first kappa shape index (κ1) is 19.8. The van der Waals surface area contributed by atoms with Gasteiger partial charge in [-0.1, -0.05) is 60.7 Å². The molecule has 1 saturated carbocycles. The van der Waals surface area contributed by atoms with Gasteiger partial charge in [-0.3, -0.25) is 9.69 Å². The first-order valence-corrected chi connectivity index (χ1v) is 11.3. The van der Waals surface area contributed by atoms with E-state index in [4.69, 9.17) is 0 Å². The molecule has 1 aliphatic rings. The van der Waals surface area contributed by atoms with Crippen LogP contribution < -0.4 is 5.32 Å². The molecular formula is C27H29N3O. The number of benzene rings is 3. The maximum Gasteiger partial charge on any atom is 0.221 e. The zero-order chi connectivity index (χ0) is 21.0. The number of aromatic amines is 1. The Balaban J connectivity index is 1.15. The zero-order valence-electron chi connectivity index (χ0n) is 17.8. The van der Waals surface area contributed by atoms with E-state index in [9.17, 15) is 4.79 Å². The zero-order valence-corrected chi connectivity index (χ0v) is 17.8. The molecule has 1 heterocycles. The minimum Gasteiger partial charge on any atom is -0.361 e. The smallest absolute Gasteiger partial charge is 0.221 e. The number of H-pyrrole nitrogens is 1. The number of nitrogens with one attached hydrogen (secondary N) is 2. The van der Waals surface area contributed by atoms with Gasteiger partial charge in [-0.15, -0.1) is 0 Å². The summed E-state index contributed by atoms with van der Waals surface area (Å²) in [5, 5.41) is 6.96. The van der Waals surface area contributed by atoms with E-state index in [2.05, 4.69) is 82.1 Å². The molecule has 1 aliphatic carbocycles. The molecule has 0 spiro atoms. The van der Waals surface area contributed by atoms with E-state index in [1.807, 2.05) is 6.07 Å². The number of rotatable bonds is 9. The summed E-state index contributed by atoms with van der Waals surface area (Å²) in [7, 11) is 0. The second-order valence-electron chi connectivity index (χ2n) is 8.55. The standard InChI is InChI=1S/C27H29N3O/c31-27(28-16-14-21-18-29-26-11-4-3-10-25(21)26)15-17-30(23-12-13-23)19-22-8-5-7-20-6-1-2-9-24(20)22/h1-11,18,23,29H,12-17,19H2,(H,28,31). The Kier molecular flexibility index (Phi) is 5.72. The number of fused-ring (bicyclic) bond motifs is 2. The lowest BCUT2D eigenvalue weighted by molar-refractivity contribution is -0.121. The van der Waals surface area contributed by atoms with Gasteiger partial charge in [-0.25, -0.2) is 0 Å². The number of para-hydroxylation sites is 1. The number of hydrogen-bond donors (Lipinski definition) is 2. The van der Waals surface area contributed by atoms with Gasteiger partial charge in [0.05, 0.1) is 0 Å². The fraction of sp³-hybridized carbons (Fsp3) is 0.296. The average Bonchev–Trinajstić information content (AvgIpc) is 3.57. The fourth-order valence-electron chi connectivity index (χ4n) is 4.49. The molecule has 5 rings (SSSR count). The SMILES string of the molecule is O=C(CCN(Cc1cccc2ccccc12)C1CC1)NCCc1c[nH]c2ccccc12. The highest BCUT2D eigenvalue weighted by Crippen LogP contribution is 2.30. The van der Waals surface area contributed by atoms with Crippen LogP contribution in [-0.2, 0) is 17.8 Å². The number of carbonyl (C=O) groups is 1. The topological polar surface area (TPSA) is 48.1 Å². The summed E-state index contributed by atoms with van der Waals surface area (Å²) >= 11 is 0. The summed E-state index contributed by atoms with van der Waals surface area (Å²) < 4.78 is 0. The van der Waals surface area contributed by atoms with Gasteiger partial charge in [-0.2, -0.15) is 0 Å². The molecule has 2 N–H and O–H groups in total. The highest BCUT2D eigenvalue weighted by molar-refractivity contribution is 5.85. The molecule has 1 fully saturated rings. The minimum absolute atomic E-state index is 0.142. The van der Waals surface area contributed by atoms with E-state index in [1.54, 1.807) is 0 Å². The third-order valence-electron chi connectivity index (χ3n) is 6.33. The summed E-state index contributed by atoms with van der Waals surface area (Å²) in [6.45, 7) is 2.40. The summed E-state index contributed by atoms with van der Waals surface area (Å²) in [4.78, 5) is 18.3. The Morgan fingerprint density at radius 3 is 2.58 bits per heavy atom. The monoisotopic (exact) mass is 411 g/mol. The normalized spacial score (nSPS) is 13.8. The third-order valence-corrected chi connectivity index (χ3v) is 6.33. The Morgan fingerprint density at radius 2 is 1.71 bits per heavy atom. The molecule has 0 saturated heterocycles. The number of hydrogen-bond acceptors (Lipinski definition) is 2. The molecule has 0 unspecified atom stereocenters. The quantitative estimate of drug-likeness (QED) is 0.406. The van der Waals surface area contributed by atoms with E-state index >= 15 is 0 Å². The van der Waals surface area contributed by atoms with Crippen molar-refractivity contribution in [3.8, 4) is 0 Å². The molecule has 1 amide bonds. The summed E-state index contributed by atoms with van der Waals surface area (Å²) in [6.07, 6.45) is 5.93. The average molecular weight is 412 g/mol. The molecule has 4 heteroatoms. The Labute approximate surface area is 183 Å². The van der Waals surface area contributed by atoms with Crippen LogP contribution >= 0.6 is 0 Å². The Bertz CT molecular complexity index is 1190. The molecule has 0 bridgehead atoms. The van der Waals surface area contributed by atoms with Crippen molar-refractivity contribution in [2.75, 3.05) is 13.1 Å². The van der Waals surface area contributed by atoms with Gasteiger partial charge in [0.25, 0.3) is 0 Å². The summed E-state index contributed by atoms with van der Waals surface area (Å²) in [6, 6.07) is 24.0. The second kappa shape index (κ2) is 8.94. The van der Waals surface area contributed by atoms with E-state index in [1.165, 1.54) is 40.1 Å². The van der Waals surface area contributed by atoms with Crippen LogP contribution in [0.15, 0.2) is 72.9 Å². The van der Waals surface area contributed by atoms with Crippen molar-refractivity contribution in [1.29, 1.82) is 0 Å². The second-order valence-corrected chi connectivity index (χ2v) is 8.55. The van der Waals surface area contributed by atoms with E-state index in [-0.39, 0.29) is 5.91 Å². The highest BCUT2D eigenvalue weighted by atomic mass is 16.1. The molecular weight excluding hydrogens is 382 g/mol. The van der Waals surface area contributed by atoms with Crippen LogP contribution in [0.3, 0.4) is 0 Å². The number of carbonyl (C=O) groups excluding carboxylic acids is 1. The number of amides is 1. The predicted octanol–water partition coefficient (Wildman–Crippen LogP) is 5.03. The fourth-order valence-corrected chi connectivity index (χ4v) is 4.49. The summed E-state index contributed by atoms with van der Waals surface area (Å²) in [5.41, 5.74) is 3.76. The molecule has 1 aromatic heterocycles. The van der Waals surface area contributed by atoms with Crippen LogP contribution in [0, 0.1) is 0 Å². The maximum atomic E-state index is 12.5. The van der Waals surface area contributed by atoms with Crippen LogP contribution in [0.4, 0.5) is 0 Å². The predicted molar refractivity (Wildman–Crippen MR) is 127 cm³/mol. The number of nitrogens with zero attached hydrogens (tertiary/aromatic N) is 1. The van der Waals surface area contributed by atoms with Crippen molar-refractivity contribution in [2.45, 2.75) is 38.3 Å². The van der Waals surface area contributed by atoms with Gasteiger partial charge < -0.3 is 10.3 Å². The third kappa shape index (κ3) is 4.64. The molecule has 3 aromatic carbocycles. The van der Waals surface area contributed by atoms with Crippen molar-refractivity contribution in [1.82, 2.24) is 15.2 Å². The summed E-state index contributed by atoms with van der Waals surface area (Å²) in [5.74, 6) is 0.142. The van der Waals surface area contributed by atoms with Crippen LogP contribution in [-0.4, -0.2) is 34.9 Å². The van der Waals surface area contributed by atoms with Gasteiger partial charge in [0.15, 0.2) is 0 Å². The lowest BCUT2D eigenvalue weighted by Crippen LogP contribution is -2.32. The van der Waals surface area contributed by atoms with Crippen molar-refractivity contribution in [2.24, 2.45) is 0 Å². The van der Waals surface area contributed by atoms with Crippen molar-refractivity contribution < 1.29 is 4.79 Å². The van der Waals surface area contributed by atoms with E-state index in [0.717, 1.165) is 25.0 Å². The van der Waals surface area contributed by atoms with E-state index in [0.29, 0.717) is 19.0 Å². The molecule has 4 aromatic rings. The van der Waals surface area contributed by atoms with E-state index < -0.39 is 0 Å². The van der Waals surface area contributed by atoms with Gasteiger partial charge in [0.2, 0.25) is 5.91 Å². The number of aromatic nitrogens is 1. The molecule has 0 radical (unpaired) electrons. The first-order chi connectivity index (χ1) is 15.3. The molecule has 31 heavy (non-hydrogen) atoms. The van der Waals surface area contributed by atoms with Crippen LogP contribution in [0.25, 0.3) is 21.7 Å². The molecule has 158 valence electrons. The van der Waals surface area contributed by atoms with Gasteiger partial charge >= 0.3 is 0 Å². The Hall–Kier alpha value is -3.11. The molecule has 0 aliphatic heterocycles. The highest BCUT2D eigenvalue weighted by Gasteiger charge is 2.29. The van der Waals surface area contributed by atoms with Crippen molar-refractivity contribution >= 4 is 27.6 Å². The van der Waals surface area contributed by atoms with Crippen LogP contribution in [0.1, 0.15) is 30.4 Å². The first-order valence-electron chi connectivity index (χ1n) is 11.3. The molecule has 4 nitrogen and oxygen atoms in total. The van der Waals surface area contributed by atoms with Gasteiger partial charge in [0.1, 0.15) is 0 Å². The van der Waals surface area contributed by atoms with Crippen molar-refractivity contribution in [3.05, 3.63) is 84.1 Å². The maximum absolute atomic E-state index is 12.5. The van der Waals surface area contributed by atoms with Crippen molar-refractivity contribution in [3.63, 3.8) is 0 Å². The largest absolute Gasteiger partial charge is 0.361 e. The lowest BCUT2D eigenvalue weighted by Gasteiger charge is -2.22.